The van der Waals surface area contributed by atoms with Gasteiger partial charge in [0.1, 0.15) is 18.2 Å². The molecule has 0 aliphatic carbocycles. The Hall–Kier alpha value is -4.28. The number of anilines is 1. The number of nitrogens with zero attached hydrogens (tertiary/aromatic N) is 2. The molecule has 10 nitrogen and oxygen atoms in total. The van der Waals surface area contributed by atoms with Crippen LogP contribution in [0.1, 0.15) is 68.7 Å². The lowest BCUT2D eigenvalue weighted by atomic mass is 9.70. The van der Waals surface area contributed by atoms with Gasteiger partial charge in [0.05, 0.1) is 36.6 Å². The standard InChI is InChI=1S/C40H51N3O7/c1-7-9-15-33(45)49-24-30(28-13-11-10-12-14-28)41-37(46)34-32-18-19-40(50-32)35(34)38(47)43(29(23-44)21-25(3)4)36(40)39(48)42(20-8-2)31-22-26(5)16-17-27(31)6/h7-8,10-14,16-17,22,25,29-30,32,34-36,44H,1-2,9,15,18-21,23-24H2,3-6H3,(H,41,46)/t29-,30-,32-,34+,35+,36-,40+/m1/s1. The third-order valence-corrected chi connectivity index (χ3v) is 10.3. The van der Waals surface area contributed by atoms with Gasteiger partial charge in [-0.25, -0.2) is 0 Å². The second-order valence-electron chi connectivity index (χ2n) is 14.3. The fourth-order valence-electron chi connectivity index (χ4n) is 8.12. The van der Waals surface area contributed by atoms with Crippen molar-refractivity contribution < 1.29 is 33.8 Å². The van der Waals surface area contributed by atoms with Crippen molar-refractivity contribution in [3.05, 3.63) is 90.5 Å². The number of esters is 1. The van der Waals surface area contributed by atoms with Crippen molar-refractivity contribution in [3.8, 4) is 0 Å². The first kappa shape index (κ1) is 37.0. The van der Waals surface area contributed by atoms with Crippen molar-refractivity contribution in [2.45, 2.75) is 89.6 Å². The van der Waals surface area contributed by atoms with Crippen molar-refractivity contribution >= 4 is 29.4 Å². The number of carbonyl (C=O) groups is 4. The highest BCUT2D eigenvalue weighted by Gasteiger charge is 2.75. The minimum Gasteiger partial charge on any atom is -0.463 e. The number of nitrogens with one attached hydrogen (secondary N) is 1. The summed E-state index contributed by atoms with van der Waals surface area (Å²) >= 11 is 0. The van der Waals surface area contributed by atoms with E-state index in [2.05, 4.69) is 18.5 Å². The van der Waals surface area contributed by atoms with Gasteiger partial charge in [-0.2, -0.15) is 0 Å². The summed E-state index contributed by atoms with van der Waals surface area (Å²) in [5, 5.41) is 13.8. The van der Waals surface area contributed by atoms with E-state index in [4.69, 9.17) is 9.47 Å². The number of aliphatic hydroxyl groups is 1. The molecule has 2 bridgehead atoms. The number of aliphatic hydroxyl groups excluding tert-OH is 1. The normalized spacial score (nSPS) is 24.8. The summed E-state index contributed by atoms with van der Waals surface area (Å²) in [5.74, 6) is -3.20. The summed E-state index contributed by atoms with van der Waals surface area (Å²) in [5.41, 5.74) is 2.06. The average Bonchev–Trinajstić information content (AvgIpc) is 3.75. The number of likely N-dealkylation sites (tertiary alicyclic amines) is 1. The van der Waals surface area contributed by atoms with E-state index in [1.54, 1.807) is 17.1 Å². The fraction of sp³-hybridized carbons (Fsp3) is 0.500. The van der Waals surface area contributed by atoms with Crippen LogP contribution in [0.3, 0.4) is 0 Å². The Morgan fingerprint density at radius 2 is 1.88 bits per heavy atom. The molecule has 10 heteroatoms. The minimum atomic E-state index is -1.26. The van der Waals surface area contributed by atoms with Crippen molar-refractivity contribution in [1.29, 1.82) is 0 Å². The van der Waals surface area contributed by atoms with E-state index in [0.29, 0.717) is 31.4 Å². The first-order chi connectivity index (χ1) is 24.0. The molecular weight excluding hydrogens is 634 g/mol. The molecule has 1 spiro atoms. The molecule has 0 unspecified atom stereocenters. The number of fused-ring (bicyclic) bond motifs is 1. The zero-order valence-electron chi connectivity index (χ0n) is 29.7. The van der Waals surface area contributed by atoms with Crippen molar-refractivity contribution in [3.63, 3.8) is 0 Å². The fourth-order valence-corrected chi connectivity index (χ4v) is 8.12. The van der Waals surface area contributed by atoms with Gasteiger partial charge >= 0.3 is 5.97 Å². The molecule has 5 rings (SSSR count). The van der Waals surface area contributed by atoms with E-state index >= 15 is 4.79 Å². The lowest BCUT2D eigenvalue weighted by molar-refractivity contribution is -0.146. The maximum absolute atomic E-state index is 15.0. The smallest absolute Gasteiger partial charge is 0.306 e. The maximum atomic E-state index is 15.0. The number of allylic oxidation sites excluding steroid dienone is 1. The quantitative estimate of drug-likeness (QED) is 0.189. The minimum absolute atomic E-state index is 0.0890. The van der Waals surface area contributed by atoms with Crippen LogP contribution < -0.4 is 10.2 Å². The third kappa shape index (κ3) is 7.14. The molecule has 0 radical (unpaired) electrons. The largest absolute Gasteiger partial charge is 0.463 e. The van der Waals surface area contributed by atoms with Crippen molar-refractivity contribution in [1.82, 2.24) is 10.2 Å². The molecule has 268 valence electrons. The van der Waals surface area contributed by atoms with Gasteiger partial charge in [-0.3, -0.25) is 19.2 Å². The maximum Gasteiger partial charge on any atom is 0.306 e. The Bertz CT molecular complexity index is 1590. The second-order valence-corrected chi connectivity index (χ2v) is 14.3. The van der Waals surface area contributed by atoms with Gasteiger partial charge in [-0.1, -0.05) is 68.5 Å². The zero-order chi connectivity index (χ0) is 36.2. The van der Waals surface area contributed by atoms with Crippen LogP contribution in [0.5, 0.6) is 0 Å². The topological polar surface area (TPSA) is 125 Å². The van der Waals surface area contributed by atoms with Gasteiger partial charge in [0.25, 0.3) is 5.91 Å². The monoisotopic (exact) mass is 685 g/mol. The van der Waals surface area contributed by atoms with E-state index in [9.17, 15) is 19.5 Å². The molecule has 0 aromatic heterocycles. The number of hydrogen-bond donors (Lipinski definition) is 2. The summed E-state index contributed by atoms with van der Waals surface area (Å²) in [6.07, 6.45) is 4.74. The Kier molecular flexibility index (Phi) is 11.6. The number of ether oxygens (including phenoxy) is 2. The Morgan fingerprint density at radius 3 is 2.54 bits per heavy atom. The van der Waals surface area contributed by atoms with Gasteiger partial charge in [-0.15, -0.1) is 13.2 Å². The van der Waals surface area contributed by atoms with Crippen molar-refractivity contribution in [2.75, 3.05) is 24.7 Å². The van der Waals surface area contributed by atoms with E-state index in [-0.39, 0.29) is 43.9 Å². The van der Waals surface area contributed by atoms with Gasteiger partial charge in [0, 0.05) is 18.7 Å². The van der Waals surface area contributed by atoms with Gasteiger partial charge < -0.3 is 29.7 Å². The molecule has 2 aromatic rings. The summed E-state index contributed by atoms with van der Waals surface area (Å²) < 4.78 is 12.3. The number of rotatable bonds is 16. The first-order valence-corrected chi connectivity index (χ1v) is 17.7. The summed E-state index contributed by atoms with van der Waals surface area (Å²) in [6.45, 7) is 15.2. The number of aryl methyl sites for hydroxylation is 2. The van der Waals surface area contributed by atoms with E-state index < -0.39 is 53.5 Å². The van der Waals surface area contributed by atoms with Gasteiger partial charge in [0.15, 0.2) is 0 Å². The van der Waals surface area contributed by atoms with Crippen LogP contribution >= 0.6 is 0 Å². The lowest BCUT2D eigenvalue weighted by Gasteiger charge is -2.40. The molecule has 3 fully saturated rings. The number of hydrogen-bond acceptors (Lipinski definition) is 7. The van der Waals surface area contributed by atoms with E-state index in [1.165, 1.54) is 4.90 Å². The molecule has 3 aliphatic rings. The summed E-state index contributed by atoms with van der Waals surface area (Å²) in [4.78, 5) is 59.8. The zero-order valence-corrected chi connectivity index (χ0v) is 29.7. The highest BCUT2D eigenvalue weighted by molar-refractivity contribution is 6.05. The second kappa shape index (κ2) is 15.7. The number of carbonyl (C=O) groups excluding carboxylic acids is 4. The Morgan fingerprint density at radius 1 is 1.14 bits per heavy atom. The molecule has 0 saturated carbocycles. The Labute approximate surface area is 295 Å². The Balaban J connectivity index is 1.52. The van der Waals surface area contributed by atoms with E-state index in [0.717, 1.165) is 16.7 Å². The van der Waals surface area contributed by atoms with Crippen LogP contribution in [0, 0.1) is 31.6 Å². The van der Waals surface area contributed by atoms with Crippen LogP contribution in [0.4, 0.5) is 5.69 Å². The SMILES string of the molecule is C=CCCC(=O)OC[C@@H](NC(=O)[C@@H]1[C@H]2C(=O)N([C@@H](CO)CC(C)C)[C@H](C(=O)N(CC=C)c3cc(C)ccc3C)[C@]23CC[C@H]1O3)c1ccccc1. The van der Waals surface area contributed by atoms with Crippen LogP contribution in [0.2, 0.25) is 0 Å². The predicted octanol–water partition coefficient (Wildman–Crippen LogP) is 4.97. The van der Waals surface area contributed by atoms with Crippen LogP contribution in [-0.2, 0) is 28.7 Å². The molecule has 3 aliphatic heterocycles. The first-order valence-electron chi connectivity index (χ1n) is 17.7. The molecule has 7 atom stereocenters. The lowest BCUT2D eigenvalue weighted by Crippen LogP contribution is -2.59. The molecule has 2 aromatic carbocycles. The third-order valence-electron chi connectivity index (χ3n) is 10.3. The van der Waals surface area contributed by atoms with Crippen LogP contribution in [0.15, 0.2) is 73.8 Å². The highest BCUT2D eigenvalue weighted by Crippen LogP contribution is 2.59. The molecule has 50 heavy (non-hydrogen) atoms. The van der Waals surface area contributed by atoms with Gasteiger partial charge in [0.2, 0.25) is 11.8 Å². The van der Waals surface area contributed by atoms with E-state index in [1.807, 2.05) is 76.2 Å². The molecule has 3 heterocycles. The van der Waals surface area contributed by atoms with Crippen LogP contribution in [0.25, 0.3) is 0 Å². The summed E-state index contributed by atoms with van der Waals surface area (Å²) in [7, 11) is 0. The average molecular weight is 686 g/mol. The van der Waals surface area contributed by atoms with Crippen molar-refractivity contribution in [2.24, 2.45) is 17.8 Å². The predicted molar refractivity (Wildman–Crippen MR) is 191 cm³/mol. The van der Waals surface area contributed by atoms with Gasteiger partial charge in [-0.05, 0) is 68.2 Å². The molecule has 3 saturated heterocycles. The molecule has 2 N–H and O–H groups in total. The molecule has 3 amide bonds. The number of benzene rings is 2. The van der Waals surface area contributed by atoms with Crippen LogP contribution in [-0.4, -0.2) is 77.2 Å². The number of amides is 3. The summed E-state index contributed by atoms with van der Waals surface area (Å²) in [6, 6.07) is 12.7. The highest BCUT2D eigenvalue weighted by atomic mass is 16.5. The molecular formula is C40H51N3O7.